The number of fused-ring (bicyclic) bond motifs is 2. The zero-order chi connectivity index (χ0) is 21.5. The van der Waals surface area contributed by atoms with Gasteiger partial charge < -0.3 is 0 Å². The molecule has 3 aliphatic carbocycles. The SMILES string of the molecule is C/C=C/CC[C@@H]1CC[C@@H]2CC(C3CCc4cc(CCCCCC)ccc4C3)CCC2C1. The minimum absolute atomic E-state index is 0.969. The van der Waals surface area contributed by atoms with Gasteiger partial charge in [-0.15, -0.1) is 0 Å². The van der Waals surface area contributed by atoms with Crippen LogP contribution in [-0.4, -0.2) is 0 Å². The molecule has 0 N–H and O–H groups in total. The molecule has 172 valence electrons. The lowest BCUT2D eigenvalue weighted by atomic mass is 9.61. The van der Waals surface area contributed by atoms with E-state index in [1.54, 1.807) is 29.5 Å². The molecule has 0 aromatic heterocycles. The Morgan fingerprint density at radius 2 is 1.65 bits per heavy atom. The molecule has 0 nitrogen and oxygen atoms in total. The third-order valence-corrected chi connectivity index (χ3v) is 9.26. The Balaban J connectivity index is 1.26. The Hall–Kier alpha value is -1.04. The van der Waals surface area contributed by atoms with E-state index in [0.717, 1.165) is 29.6 Å². The van der Waals surface area contributed by atoms with Gasteiger partial charge in [0.25, 0.3) is 0 Å². The zero-order valence-electron chi connectivity index (χ0n) is 20.6. The summed E-state index contributed by atoms with van der Waals surface area (Å²) in [6.45, 7) is 4.47. The highest BCUT2D eigenvalue weighted by Crippen LogP contribution is 2.49. The maximum Gasteiger partial charge on any atom is -0.0245 e. The van der Waals surface area contributed by atoms with Crippen LogP contribution in [0.25, 0.3) is 0 Å². The summed E-state index contributed by atoms with van der Waals surface area (Å²) in [5.74, 6) is 5.13. The molecule has 1 aromatic carbocycles. The number of hydrogen-bond donors (Lipinski definition) is 0. The van der Waals surface area contributed by atoms with Crippen molar-refractivity contribution in [2.45, 2.75) is 117 Å². The number of hydrogen-bond acceptors (Lipinski definition) is 0. The fourth-order valence-corrected chi connectivity index (χ4v) is 7.36. The molecule has 0 aliphatic heterocycles. The van der Waals surface area contributed by atoms with Gasteiger partial charge >= 0.3 is 0 Å². The van der Waals surface area contributed by atoms with E-state index in [2.05, 4.69) is 44.2 Å². The second kappa shape index (κ2) is 11.7. The van der Waals surface area contributed by atoms with Crippen LogP contribution in [0, 0.1) is 29.6 Å². The predicted molar refractivity (Wildman–Crippen MR) is 136 cm³/mol. The van der Waals surface area contributed by atoms with E-state index >= 15 is 0 Å². The maximum atomic E-state index is 2.57. The van der Waals surface area contributed by atoms with Crippen molar-refractivity contribution in [2.75, 3.05) is 0 Å². The monoisotopic (exact) mass is 420 g/mol. The summed E-state index contributed by atoms with van der Waals surface area (Å²) in [6.07, 6.45) is 27.5. The quantitative estimate of drug-likeness (QED) is 0.276. The van der Waals surface area contributed by atoms with E-state index in [9.17, 15) is 0 Å². The van der Waals surface area contributed by atoms with E-state index in [1.807, 2.05) is 0 Å². The number of unbranched alkanes of at least 4 members (excludes halogenated alkanes) is 3. The van der Waals surface area contributed by atoms with Gasteiger partial charge in [0.1, 0.15) is 0 Å². The molecular weight excluding hydrogens is 372 g/mol. The molecule has 0 amide bonds. The van der Waals surface area contributed by atoms with E-state index in [-0.39, 0.29) is 0 Å². The first-order valence-electron chi connectivity index (χ1n) is 14.0. The first kappa shape index (κ1) is 23.1. The Kier molecular flexibility index (Phi) is 8.74. The number of rotatable bonds is 9. The normalized spacial score (nSPS) is 30.8. The summed E-state index contributed by atoms with van der Waals surface area (Å²) >= 11 is 0. The summed E-state index contributed by atoms with van der Waals surface area (Å²) in [5, 5.41) is 0. The number of aryl methyl sites for hydroxylation is 2. The van der Waals surface area contributed by atoms with E-state index < -0.39 is 0 Å². The molecule has 2 saturated carbocycles. The topological polar surface area (TPSA) is 0 Å². The second-order valence-electron chi connectivity index (χ2n) is 11.3. The highest BCUT2D eigenvalue weighted by molar-refractivity contribution is 5.34. The standard InChI is InChI=1S/C31H48/c1-3-5-7-9-11-25-13-15-29-23-31(19-17-27(29)21-25)30-18-16-26-20-24(10-8-6-4-2)12-14-28(26)22-30/h4,6,13,15,21,24,26,28,30-31H,3,5,7-12,14,16-20,22-23H2,1-2H3/b6-4+/t24-,26?,28-,30?,31?/m1/s1. The Morgan fingerprint density at radius 3 is 2.48 bits per heavy atom. The van der Waals surface area contributed by atoms with Crippen LogP contribution in [0.4, 0.5) is 0 Å². The Morgan fingerprint density at radius 1 is 0.839 bits per heavy atom. The summed E-state index contributed by atoms with van der Waals surface area (Å²) in [7, 11) is 0. The summed E-state index contributed by atoms with van der Waals surface area (Å²) in [6, 6.07) is 7.54. The zero-order valence-corrected chi connectivity index (χ0v) is 20.6. The smallest absolute Gasteiger partial charge is 0.0245 e. The average molecular weight is 421 g/mol. The van der Waals surface area contributed by atoms with Crippen LogP contribution in [0.1, 0.15) is 114 Å². The summed E-state index contributed by atoms with van der Waals surface area (Å²) < 4.78 is 0. The fourth-order valence-electron chi connectivity index (χ4n) is 7.36. The van der Waals surface area contributed by atoms with Crippen LogP contribution in [0.5, 0.6) is 0 Å². The molecule has 3 aliphatic rings. The molecule has 2 fully saturated rings. The summed E-state index contributed by atoms with van der Waals surface area (Å²) in [5.41, 5.74) is 4.99. The molecule has 0 heteroatoms. The predicted octanol–water partition coefficient (Wildman–Crippen LogP) is 9.10. The van der Waals surface area contributed by atoms with Gasteiger partial charge in [0.15, 0.2) is 0 Å². The lowest BCUT2D eigenvalue weighted by Crippen LogP contribution is -2.35. The largest absolute Gasteiger partial charge is 0.0917 e. The van der Waals surface area contributed by atoms with Crippen molar-refractivity contribution in [3.8, 4) is 0 Å². The first-order valence-corrected chi connectivity index (χ1v) is 14.0. The molecule has 5 atom stereocenters. The number of allylic oxidation sites excluding steroid dienone is 2. The molecule has 0 heterocycles. The molecule has 0 bridgehead atoms. The van der Waals surface area contributed by atoms with Crippen molar-refractivity contribution < 1.29 is 0 Å². The van der Waals surface area contributed by atoms with Crippen molar-refractivity contribution in [3.05, 3.63) is 47.0 Å². The highest BCUT2D eigenvalue weighted by Gasteiger charge is 2.38. The molecular formula is C31H48. The molecule has 0 radical (unpaired) electrons. The van der Waals surface area contributed by atoms with Crippen LogP contribution < -0.4 is 0 Å². The van der Waals surface area contributed by atoms with Crippen LogP contribution >= 0.6 is 0 Å². The van der Waals surface area contributed by atoms with Crippen LogP contribution in [-0.2, 0) is 19.3 Å². The van der Waals surface area contributed by atoms with Gasteiger partial charge in [0.05, 0.1) is 0 Å². The van der Waals surface area contributed by atoms with Crippen molar-refractivity contribution in [2.24, 2.45) is 29.6 Å². The minimum Gasteiger partial charge on any atom is -0.0917 e. The third kappa shape index (κ3) is 6.27. The lowest BCUT2D eigenvalue weighted by Gasteiger charge is -2.45. The van der Waals surface area contributed by atoms with Crippen molar-refractivity contribution >= 4 is 0 Å². The van der Waals surface area contributed by atoms with Crippen LogP contribution in [0.15, 0.2) is 30.4 Å². The summed E-state index contributed by atoms with van der Waals surface area (Å²) in [4.78, 5) is 0. The van der Waals surface area contributed by atoms with Crippen LogP contribution in [0.2, 0.25) is 0 Å². The van der Waals surface area contributed by atoms with E-state index in [1.165, 1.54) is 89.9 Å². The van der Waals surface area contributed by atoms with Gasteiger partial charge in [-0.1, -0.05) is 63.0 Å². The lowest BCUT2D eigenvalue weighted by molar-refractivity contribution is 0.0699. The van der Waals surface area contributed by atoms with Crippen LogP contribution in [0.3, 0.4) is 0 Å². The van der Waals surface area contributed by atoms with Gasteiger partial charge in [-0.25, -0.2) is 0 Å². The van der Waals surface area contributed by atoms with Gasteiger partial charge in [-0.2, -0.15) is 0 Å². The van der Waals surface area contributed by atoms with Gasteiger partial charge in [0, 0.05) is 0 Å². The minimum atomic E-state index is 0.969. The number of benzene rings is 1. The van der Waals surface area contributed by atoms with E-state index in [4.69, 9.17) is 0 Å². The maximum absolute atomic E-state index is 2.57. The molecule has 4 rings (SSSR count). The highest BCUT2D eigenvalue weighted by atomic mass is 14.4. The third-order valence-electron chi connectivity index (χ3n) is 9.26. The van der Waals surface area contributed by atoms with E-state index in [0.29, 0.717) is 0 Å². The molecule has 1 aromatic rings. The van der Waals surface area contributed by atoms with Crippen molar-refractivity contribution in [1.82, 2.24) is 0 Å². The molecule has 3 unspecified atom stereocenters. The van der Waals surface area contributed by atoms with Gasteiger partial charge in [-0.3, -0.25) is 0 Å². The Bertz CT molecular complexity index is 698. The Labute approximate surface area is 193 Å². The van der Waals surface area contributed by atoms with Crippen molar-refractivity contribution in [1.29, 1.82) is 0 Å². The first-order chi connectivity index (χ1) is 15.3. The fraction of sp³-hybridized carbons (Fsp3) is 0.742. The molecule has 0 spiro atoms. The molecule has 31 heavy (non-hydrogen) atoms. The van der Waals surface area contributed by atoms with Crippen molar-refractivity contribution in [3.63, 3.8) is 0 Å². The van der Waals surface area contributed by atoms with Gasteiger partial charge in [0.2, 0.25) is 0 Å². The molecule has 0 saturated heterocycles. The second-order valence-corrected chi connectivity index (χ2v) is 11.3. The average Bonchev–Trinajstić information content (AvgIpc) is 2.81. The van der Waals surface area contributed by atoms with Gasteiger partial charge in [-0.05, 0) is 130 Å².